The summed E-state index contributed by atoms with van der Waals surface area (Å²) in [7, 11) is 0. The van der Waals surface area contributed by atoms with Crippen LogP contribution in [0.3, 0.4) is 0 Å². The first-order valence-corrected chi connectivity index (χ1v) is 18.6. The number of ether oxygens (including phenoxy) is 1. The molecule has 6 aliphatic rings. The van der Waals surface area contributed by atoms with E-state index in [0.29, 0.717) is 19.4 Å². The Hall–Kier alpha value is -3.26. The first kappa shape index (κ1) is 32.0. The molecule has 0 radical (unpaired) electrons. The molecule has 3 fully saturated rings. The number of fused-ring (bicyclic) bond motifs is 2. The lowest BCUT2D eigenvalue weighted by Gasteiger charge is -2.71. The van der Waals surface area contributed by atoms with Crippen LogP contribution < -0.4 is 0 Å². The molecule has 2 spiro atoms. The van der Waals surface area contributed by atoms with Gasteiger partial charge in [0, 0.05) is 33.1 Å². The highest BCUT2D eigenvalue weighted by Gasteiger charge is 2.74. The van der Waals surface area contributed by atoms with Crippen molar-refractivity contribution in [1.82, 2.24) is 4.90 Å². The van der Waals surface area contributed by atoms with Crippen molar-refractivity contribution >= 4 is 33.3 Å². The van der Waals surface area contributed by atoms with Gasteiger partial charge in [-0.2, -0.15) is 0 Å². The van der Waals surface area contributed by atoms with Gasteiger partial charge in [0.1, 0.15) is 0 Å². The maximum atomic E-state index is 15.0. The number of hydrogen-bond donors (Lipinski definition) is 2. The molecule has 8 atom stereocenters. The predicted octanol–water partition coefficient (Wildman–Crippen LogP) is 8.33. The smallest absolute Gasteiger partial charge is 0.410 e. The van der Waals surface area contributed by atoms with Crippen LogP contribution in [0.2, 0.25) is 0 Å². The number of benzene rings is 2. The first-order chi connectivity index (χ1) is 23.0. The molecule has 6 aliphatic carbocycles. The molecule has 2 bridgehead atoms. The number of aliphatic hydroxyl groups excluding tert-OH is 1. The largest absolute Gasteiger partial charge is 0.450 e. The van der Waals surface area contributed by atoms with Crippen LogP contribution in [0.25, 0.3) is 10.1 Å². The Morgan fingerprint density at radius 2 is 1.65 bits per heavy atom. The average molecular weight is 666 g/mol. The number of amides is 1. The number of ketones is 1. The van der Waals surface area contributed by atoms with Crippen LogP contribution in [0.5, 0.6) is 0 Å². The van der Waals surface area contributed by atoms with Gasteiger partial charge in [0.15, 0.2) is 5.78 Å². The van der Waals surface area contributed by atoms with Crippen LogP contribution in [0.1, 0.15) is 81.0 Å². The fraction of sp³-hybridized carbons (Fsp3) is 0.512. The molecule has 7 heteroatoms. The van der Waals surface area contributed by atoms with Gasteiger partial charge in [0.2, 0.25) is 0 Å². The van der Waals surface area contributed by atoms with Crippen LogP contribution in [0, 0.1) is 33.5 Å². The summed E-state index contributed by atoms with van der Waals surface area (Å²) in [5.74, 6) is 0.313. The van der Waals surface area contributed by atoms with Crippen molar-refractivity contribution in [3.05, 3.63) is 94.9 Å². The topological polar surface area (TPSA) is 87.1 Å². The summed E-state index contributed by atoms with van der Waals surface area (Å²) in [4.78, 5) is 30.8. The second-order valence-electron chi connectivity index (χ2n) is 15.8. The van der Waals surface area contributed by atoms with E-state index in [-0.39, 0.29) is 41.6 Å². The van der Waals surface area contributed by atoms with Gasteiger partial charge in [-0.05, 0) is 92.2 Å². The highest BCUT2D eigenvalue weighted by Crippen LogP contribution is 2.78. The lowest BCUT2D eigenvalue weighted by molar-refractivity contribution is -0.175. The van der Waals surface area contributed by atoms with E-state index in [4.69, 9.17) is 4.74 Å². The third-order valence-corrected chi connectivity index (χ3v) is 14.9. The van der Waals surface area contributed by atoms with Gasteiger partial charge in [0.25, 0.3) is 0 Å². The summed E-state index contributed by atoms with van der Waals surface area (Å²) < 4.78 is 6.63. The van der Waals surface area contributed by atoms with E-state index in [9.17, 15) is 19.8 Å². The van der Waals surface area contributed by atoms with E-state index in [1.807, 2.05) is 55.5 Å². The van der Waals surface area contributed by atoms with E-state index in [2.05, 4.69) is 44.2 Å². The minimum Gasteiger partial charge on any atom is -0.450 e. The van der Waals surface area contributed by atoms with Crippen LogP contribution in [-0.2, 0) is 11.3 Å². The maximum absolute atomic E-state index is 15.0. The van der Waals surface area contributed by atoms with Crippen LogP contribution >= 0.6 is 11.3 Å². The van der Waals surface area contributed by atoms with E-state index < -0.39 is 28.6 Å². The van der Waals surface area contributed by atoms with Crippen molar-refractivity contribution in [3.63, 3.8) is 0 Å². The van der Waals surface area contributed by atoms with Crippen molar-refractivity contribution < 1.29 is 24.5 Å². The lowest BCUT2D eigenvalue weighted by Crippen LogP contribution is -2.67. The molecule has 6 nitrogen and oxygen atoms in total. The molecule has 1 unspecified atom stereocenters. The van der Waals surface area contributed by atoms with Gasteiger partial charge in [-0.1, -0.05) is 80.6 Å². The van der Waals surface area contributed by atoms with Crippen molar-refractivity contribution in [1.29, 1.82) is 0 Å². The molecule has 9 rings (SSSR count). The van der Waals surface area contributed by atoms with Crippen molar-refractivity contribution in [2.75, 3.05) is 13.2 Å². The molecule has 1 heterocycles. The molecule has 1 aromatic heterocycles. The number of thiophene rings is 1. The van der Waals surface area contributed by atoms with E-state index >= 15 is 0 Å². The Bertz CT molecular complexity index is 1800. The Morgan fingerprint density at radius 1 is 0.938 bits per heavy atom. The minimum absolute atomic E-state index is 0.0114. The Labute approximate surface area is 287 Å². The molecule has 252 valence electrons. The van der Waals surface area contributed by atoms with Gasteiger partial charge >= 0.3 is 6.09 Å². The van der Waals surface area contributed by atoms with Gasteiger partial charge in [-0.25, -0.2) is 4.79 Å². The maximum Gasteiger partial charge on any atom is 0.410 e. The van der Waals surface area contributed by atoms with Gasteiger partial charge < -0.3 is 19.8 Å². The van der Waals surface area contributed by atoms with Crippen LogP contribution in [0.4, 0.5) is 4.79 Å². The number of nitrogens with zero attached hydrogens (tertiary/aromatic N) is 1. The molecule has 3 saturated carbocycles. The molecule has 48 heavy (non-hydrogen) atoms. The Balaban J connectivity index is 1.22. The molecule has 1 amide bonds. The Kier molecular flexibility index (Phi) is 7.41. The zero-order valence-corrected chi connectivity index (χ0v) is 29.1. The van der Waals surface area contributed by atoms with Crippen molar-refractivity contribution in [2.24, 2.45) is 33.5 Å². The number of aliphatic hydroxyl groups is 2. The second-order valence-corrected chi connectivity index (χ2v) is 16.9. The monoisotopic (exact) mass is 665 g/mol. The summed E-state index contributed by atoms with van der Waals surface area (Å²) >= 11 is 1.56. The SMILES string of the molecule is CCOC(=O)N(Cc1ccccc1)C[C@]1(O)CC[C@H]2[C@]34C=C[C@@]5(C=C3C(=O)c3cc6ccccc6s3)CC(O)CC[C@]5(C)[C@H]4CC[C@@]21C. The van der Waals surface area contributed by atoms with E-state index in [0.717, 1.165) is 58.2 Å². The summed E-state index contributed by atoms with van der Waals surface area (Å²) in [5.41, 5.74) is -0.876. The number of Topliss-reactive ketones (excluding diaryl/α,β-unsaturated/α-hetero) is 1. The number of allylic oxidation sites excluding steroid dienone is 4. The molecule has 0 aliphatic heterocycles. The van der Waals surface area contributed by atoms with E-state index in [1.165, 1.54) is 0 Å². The highest BCUT2D eigenvalue weighted by molar-refractivity contribution is 7.21. The summed E-state index contributed by atoms with van der Waals surface area (Å²) in [6, 6.07) is 20.1. The number of carbonyl (C=O) groups is 2. The van der Waals surface area contributed by atoms with Crippen LogP contribution in [-0.4, -0.2) is 51.8 Å². The van der Waals surface area contributed by atoms with Gasteiger partial charge in [0.05, 0.1) is 29.7 Å². The molecule has 2 N–H and O–H groups in total. The van der Waals surface area contributed by atoms with Crippen molar-refractivity contribution in [2.45, 2.75) is 84.0 Å². The normalized spacial score (nSPS) is 37.8. The zero-order valence-electron chi connectivity index (χ0n) is 28.3. The second kappa shape index (κ2) is 11.1. The minimum atomic E-state index is -1.16. The lowest BCUT2D eigenvalue weighted by atomic mass is 9.32. The van der Waals surface area contributed by atoms with E-state index in [1.54, 1.807) is 16.2 Å². The third kappa shape index (κ3) is 4.36. The first-order valence-electron chi connectivity index (χ1n) is 17.8. The molecular weight excluding hydrogens is 619 g/mol. The van der Waals surface area contributed by atoms with Crippen molar-refractivity contribution in [3.8, 4) is 0 Å². The zero-order chi connectivity index (χ0) is 33.5. The van der Waals surface area contributed by atoms with Crippen LogP contribution in [0.15, 0.2) is 84.5 Å². The Morgan fingerprint density at radius 3 is 2.42 bits per heavy atom. The fourth-order valence-electron chi connectivity index (χ4n) is 11.3. The molecular formula is C41H47NO5S. The summed E-state index contributed by atoms with van der Waals surface area (Å²) in [6.45, 7) is 7.24. The highest BCUT2D eigenvalue weighted by atomic mass is 32.1. The van der Waals surface area contributed by atoms with Gasteiger partial charge in [-0.15, -0.1) is 11.3 Å². The standard InChI is InChI=1S/C41H47NO5S/c1-4-47-36(45)42(25-27-10-6-5-7-11-27)26-40(46)19-16-34-38(40,3)18-15-33-37(2)17-14-29(43)23-39(37)20-21-41(33,34)30(24-39)35(44)32-22-28-12-8-9-13-31(28)48-32/h5-13,20-22,24,29,33-34,43,46H,4,14-19,23,25-26H2,1-3H3/t29?,33-,34-,37-,38+,39+,40-,41-/m1/s1. The number of hydrogen-bond acceptors (Lipinski definition) is 6. The third-order valence-electron chi connectivity index (χ3n) is 13.8. The molecule has 2 aromatic carbocycles. The predicted molar refractivity (Wildman–Crippen MR) is 189 cm³/mol. The fourth-order valence-corrected chi connectivity index (χ4v) is 12.4. The number of rotatable bonds is 7. The van der Waals surface area contributed by atoms with Gasteiger partial charge in [-0.3, -0.25) is 4.79 Å². The quantitative estimate of drug-likeness (QED) is 0.196. The molecule has 3 aromatic rings. The summed E-state index contributed by atoms with van der Waals surface area (Å²) in [5, 5.41) is 25.0. The molecule has 0 saturated heterocycles. The summed E-state index contributed by atoms with van der Waals surface area (Å²) in [6.07, 6.45) is 11.5. The average Bonchev–Trinajstić information content (AvgIpc) is 3.63. The number of carbonyl (C=O) groups excluding carboxylic acids is 2.